The fraction of sp³-hybridized carbons (Fsp3) is 0.400. The second kappa shape index (κ2) is 11.4. The lowest BCUT2D eigenvalue weighted by Gasteiger charge is -2.26. The number of benzene rings is 2. The van der Waals surface area contributed by atoms with Crippen LogP contribution in [0.15, 0.2) is 59.8 Å². The summed E-state index contributed by atoms with van der Waals surface area (Å²) in [5.74, 6) is 1.99. The van der Waals surface area contributed by atoms with Crippen LogP contribution >= 0.6 is 11.8 Å². The van der Waals surface area contributed by atoms with Crippen LogP contribution in [0.1, 0.15) is 42.4 Å². The maximum Gasteiger partial charge on any atom is 0.195 e. The molecule has 0 amide bonds. The number of thioether (sulfide) groups is 1. The monoisotopic (exact) mass is 466 g/mol. The zero-order valence-electron chi connectivity index (χ0n) is 18.9. The Labute approximate surface area is 198 Å². The molecule has 0 bridgehead atoms. The van der Waals surface area contributed by atoms with Crippen LogP contribution in [0.3, 0.4) is 0 Å². The normalized spacial score (nSPS) is 15.3. The summed E-state index contributed by atoms with van der Waals surface area (Å²) in [7, 11) is 0. The highest BCUT2D eigenvalue weighted by molar-refractivity contribution is 7.99. The van der Waals surface area contributed by atoms with Crippen molar-refractivity contribution in [2.75, 3.05) is 25.4 Å². The third-order valence-electron chi connectivity index (χ3n) is 5.64. The fourth-order valence-corrected chi connectivity index (χ4v) is 4.72. The average Bonchev–Trinajstić information content (AvgIpc) is 3.25. The van der Waals surface area contributed by atoms with E-state index in [0.717, 1.165) is 36.3 Å². The van der Waals surface area contributed by atoms with Gasteiger partial charge in [0.05, 0.1) is 12.6 Å². The average molecular weight is 467 g/mol. The van der Waals surface area contributed by atoms with Crippen LogP contribution < -0.4 is 4.74 Å². The van der Waals surface area contributed by atoms with Gasteiger partial charge in [0.25, 0.3) is 0 Å². The van der Waals surface area contributed by atoms with Crippen LogP contribution in [0.2, 0.25) is 0 Å². The zero-order chi connectivity index (χ0) is 23.0. The Morgan fingerprint density at radius 3 is 2.48 bits per heavy atom. The van der Waals surface area contributed by atoms with Gasteiger partial charge in [-0.3, -0.25) is 14.3 Å². The van der Waals surface area contributed by atoms with Gasteiger partial charge >= 0.3 is 0 Å². The number of Topliss-reactive ketones (excluding diaryl/α,β-unsaturated/α-hetero) is 1. The van der Waals surface area contributed by atoms with Crippen molar-refractivity contribution in [2.24, 2.45) is 0 Å². The molecule has 1 aliphatic rings. The van der Waals surface area contributed by atoms with Gasteiger partial charge in [0.15, 0.2) is 16.8 Å². The predicted octanol–water partition coefficient (Wildman–Crippen LogP) is 3.99. The number of aliphatic hydroxyl groups is 1. The summed E-state index contributed by atoms with van der Waals surface area (Å²) in [6, 6.07) is 17.1. The second-order valence-corrected chi connectivity index (χ2v) is 9.25. The van der Waals surface area contributed by atoms with Gasteiger partial charge in [-0.05, 0) is 69.3 Å². The topological polar surface area (TPSA) is 80.5 Å². The van der Waals surface area contributed by atoms with Crippen molar-refractivity contribution in [3.63, 3.8) is 0 Å². The van der Waals surface area contributed by atoms with E-state index in [1.54, 1.807) is 24.3 Å². The zero-order valence-corrected chi connectivity index (χ0v) is 19.7. The highest BCUT2D eigenvalue weighted by Gasteiger charge is 2.19. The van der Waals surface area contributed by atoms with Crippen molar-refractivity contribution >= 4 is 17.5 Å². The standard InChI is InChI=1S/C25H30N4O3S/c1-19(30)20-10-12-23(13-11-20)32-17-22(31)18-33-25-27-26-24(16-28-14-6-3-7-15-28)29(25)21-8-4-2-5-9-21/h2,4-5,8-13,22,31H,3,6-7,14-18H2,1H3. The summed E-state index contributed by atoms with van der Waals surface area (Å²) in [5.41, 5.74) is 1.66. The van der Waals surface area contributed by atoms with Gasteiger partial charge in [0, 0.05) is 17.0 Å². The van der Waals surface area contributed by atoms with Crippen LogP contribution in [0.25, 0.3) is 5.69 Å². The summed E-state index contributed by atoms with van der Waals surface area (Å²) in [5, 5.41) is 20.2. The molecule has 1 N–H and O–H groups in total. The Kier molecular flexibility index (Phi) is 8.15. The van der Waals surface area contributed by atoms with E-state index in [1.807, 2.05) is 18.2 Å². The van der Waals surface area contributed by atoms with Gasteiger partial charge in [-0.25, -0.2) is 0 Å². The van der Waals surface area contributed by atoms with Gasteiger partial charge < -0.3 is 9.84 Å². The van der Waals surface area contributed by atoms with Gasteiger partial charge in [-0.2, -0.15) is 0 Å². The number of carbonyl (C=O) groups excluding carboxylic acids is 1. The largest absolute Gasteiger partial charge is 0.491 e. The molecule has 1 atom stereocenters. The van der Waals surface area contributed by atoms with Crippen molar-refractivity contribution < 1.29 is 14.6 Å². The molecule has 1 aromatic heterocycles. The molecule has 8 heteroatoms. The first-order valence-electron chi connectivity index (χ1n) is 11.4. The molecular formula is C25H30N4O3S. The van der Waals surface area contributed by atoms with E-state index in [4.69, 9.17) is 4.74 Å². The van der Waals surface area contributed by atoms with Gasteiger partial charge in [-0.15, -0.1) is 10.2 Å². The molecule has 0 spiro atoms. The van der Waals surface area contributed by atoms with Crippen LogP contribution in [0.5, 0.6) is 5.75 Å². The number of rotatable bonds is 10. The fourth-order valence-electron chi connectivity index (χ4n) is 3.85. The number of carbonyl (C=O) groups is 1. The van der Waals surface area contributed by atoms with Crippen molar-refractivity contribution in [3.8, 4) is 11.4 Å². The molecule has 7 nitrogen and oxygen atoms in total. The Morgan fingerprint density at radius 1 is 1.06 bits per heavy atom. The third kappa shape index (κ3) is 6.43. The molecule has 0 saturated carbocycles. The number of nitrogens with zero attached hydrogens (tertiary/aromatic N) is 4. The minimum Gasteiger partial charge on any atom is -0.491 e. The lowest BCUT2D eigenvalue weighted by Crippen LogP contribution is -2.30. The SMILES string of the molecule is CC(=O)c1ccc(OCC(O)CSc2nnc(CN3CCCCC3)n2-c2ccccc2)cc1. The molecule has 3 aromatic rings. The number of hydrogen-bond acceptors (Lipinski definition) is 7. The van der Waals surface area contributed by atoms with Crippen molar-refractivity contribution in [1.29, 1.82) is 0 Å². The number of likely N-dealkylation sites (tertiary alicyclic amines) is 1. The maximum atomic E-state index is 11.4. The molecule has 4 rings (SSSR count). The number of aliphatic hydroxyl groups excluding tert-OH is 1. The van der Waals surface area contributed by atoms with E-state index in [2.05, 4.69) is 31.8 Å². The minimum atomic E-state index is -0.672. The van der Waals surface area contributed by atoms with Crippen LogP contribution in [0, 0.1) is 0 Å². The van der Waals surface area contributed by atoms with Gasteiger partial charge in [0.2, 0.25) is 0 Å². The molecule has 0 radical (unpaired) electrons. The van der Waals surface area contributed by atoms with Gasteiger partial charge in [0.1, 0.15) is 12.4 Å². The molecule has 1 fully saturated rings. The highest BCUT2D eigenvalue weighted by atomic mass is 32.2. The molecule has 1 unspecified atom stereocenters. The number of aromatic nitrogens is 3. The lowest BCUT2D eigenvalue weighted by molar-refractivity contribution is 0.101. The first-order valence-corrected chi connectivity index (χ1v) is 12.4. The summed E-state index contributed by atoms with van der Waals surface area (Å²) in [6.45, 7) is 4.64. The summed E-state index contributed by atoms with van der Waals surface area (Å²) in [4.78, 5) is 13.8. The molecule has 33 heavy (non-hydrogen) atoms. The van der Waals surface area contributed by atoms with E-state index >= 15 is 0 Å². The molecule has 0 aliphatic carbocycles. The quantitative estimate of drug-likeness (QED) is 0.357. The number of piperidine rings is 1. The Morgan fingerprint density at radius 2 is 1.79 bits per heavy atom. The highest BCUT2D eigenvalue weighted by Crippen LogP contribution is 2.24. The van der Waals surface area contributed by atoms with Crippen molar-refractivity contribution in [1.82, 2.24) is 19.7 Å². The molecule has 2 aromatic carbocycles. The molecule has 2 heterocycles. The Bertz CT molecular complexity index is 1030. The lowest BCUT2D eigenvalue weighted by atomic mass is 10.1. The summed E-state index contributed by atoms with van der Waals surface area (Å²) in [6.07, 6.45) is 3.08. The smallest absolute Gasteiger partial charge is 0.195 e. The van der Waals surface area contributed by atoms with E-state index in [1.165, 1.54) is 37.9 Å². The second-order valence-electron chi connectivity index (χ2n) is 8.26. The van der Waals surface area contributed by atoms with Crippen molar-refractivity contribution in [3.05, 3.63) is 66.0 Å². The molecule has 1 saturated heterocycles. The number of ketones is 1. The van der Waals surface area contributed by atoms with Crippen LogP contribution in [-0.4, -0.2) is 62.1 Å². The predicted molar refractivity (Wildman–Crippen MR) is 129 cm³/mol. The van der Waals surface area contributed by atoms with E-state index in [-0.39, 0.29) is 12.4 Å². The van der Waals surface area contributed by atoms with E-state index < -0.39 is 6.10 Å². The van der Waals surface area contributed by atoms with E-state index in [9.17, 15) is 9.90 Å². The molecule has 1 aliphatic heterocycles. The number of para-hydroxylation sites is 1. The summed E-state index contributed by atoms with van der Waals surface area (Å²) >= 11 is 1.47. The maximum absolute atomic E-state index is 11.4. The molecule has 174 valence electrons. The van der Waals surface area contributed by atoms with Crippen LogP contribution in [-0.2, 0) is 6.54 Å². The third-order valence-corrected chi connectivity index (χ3v) is 6.71. The number of ether oxygens (including phenoxy) is 1. The first-order chi connectivity index (χ1) is 16.1. The Balaban J connectivity index is 1.39. The Hall–Kier alpha value is -2.68. The van der Waals surface area contributed by atoms with Crippen molar-refractivity contribution in [2.45, 2.75) is 44.0 Å². The minimum absolute atomic E-state index is 0.0140. The van der Waals surface area contributed by atoms with E-state index in [0.29, 0.717) is 17.1 Å². The number of hydrogen-bond donors (Lipinski definition) is 1. The molecular weight excluding hydrogens is 436 g/mol. The summed E-state index contributed by atoms with van der Waals surface area (Å²) < 4.78 is 7.78. The first kappa shape index (κ1) is 23.5. The van der Waals surface area contributed by atoms with Gasteiger partial charge in [-0.1, -0.05) is 36.4 Å². The van der Waals surface area contributed by atoms with Crippen LogP contribution in [0.4, 0.5) is 0 Å².